The quantitative estimate of drug-likeness (QED) is 0.777. The lowest BCUT2D eigenvalue weighted by Crippen LogP contribution is -2.10. The molecule has 0 bridgehead atoms. The highest BCUT2D eigenvalue weighted by Gasteiger charge is 2.15. The molecule has 1 saturated heterocycles. The van der Waals surface area contributed by atoms with Crippen LogP contribution in [0.25, 0.3) is 0 Å². The minimum atomic E-state index is -0.119. The number of rotatable bonds is 8. The molecular weight excluding hydrogens is 244 g/mol. The van der Waals surface area contributed by atoms with Gasteiger partial charge >= 0.3 is 0 Å². The minimum absolute atomic E-state index is 0.119. The van der Waals surface area contributed by atoms with Crippen LogP contribution in [0.15, 0.2) is 17.5 Å². The first-order chi connectivity index (χ1) is 8.84. The van der Waals surface area contributed by atoms with E-state index >= 15 is 0 Å². The second-order valence-corrected chi connectivity index (χ2v) is 6.22. The van der Waals surface area contributed by atoms with E-state index in [1.54, 1.807) is 0 Å². The summed E-state index contributed by atoms with van der Waals surface area (Å²) in [6.45, 7) is 0.939. The van der Waals surface area contributed by atoms with Crippen molar-refractivity contribution < 1.29 is 9.84 Å². The number of aliphatic hydroxyl groups excluding tert-OH is 1. The number of aliphatic hydroxyl groups is 1. The Hall–Kier alpha value is -0.380. The van der Waals surface area contributed by atoms with Gasteiger partial charge in [-0.05, 0) is 62.8 Å². The average Bonchev–Trinajstić information content (AvgIpc) is 3.01. The zero-order valence-electron chi connectivity index (χ0n) is 11.0. The van der Waals surface area contributed by atoms with Crippen molar-refractivity contribution in [1.82, 2.24) is 0 Å². The van der Waals surface area contributed by atoms with Gasteiger partial charge in [0.15, 0.2) is 0 Å². The summed E-state index contributed by atoms with van der Waals surface area (Å²) in [5.41, 5.74) is 0. The van der Waals surface area contributed by atoms with E-state index in [9.17, 15) is 5.11 Å². The van der Waals surface area contributed by atoms with Gasteiger partial charge in [0.2, 0.25) is 0 Å². The van der Waals surface area contributed by atoms with E-state index in [0.29, 0.717) is 6.10 Å². The fourth-order valence-electron chi connectivity index (χ4n) is 2.56. The number of ether oxygens (including phenoxy) is 1. The van der Waals surface area contributed by atoms with Crippen LogP contribution in [0, 0.1) is 0 Å². The van der Waals surface area contributed by atoms with Crippen molar-refractivity contribution in [2.45, 2.75) is 63.6 Å². The number of hydrogen-bond acceptors (Lipinski definition) is 3. The van der Waals surface area contributed by atoms with Gasteiger partial charge in [-0.1, -0.05) is 6.07 Å². The molecule has 1 aliphatic rings. The van der Waals surface area contributed by atoms with Crippen molar-refractivity contribution in [3.05, 3.63) is 22.4 Å². The van der Waals surface area contributed by atoms with Crippen LogP contribution < -0.4 is 0 Å². The van der Waals surface area contributed by atoms with Crippen molar-refractivity contribution in [2.75, 3.05) is 6.61 Å². The van der Waals surface area contributed by atoms with Crippen molar-refractivity contribution in [1.29, 1.82) is 0 Å². The maximum atomic E-state index is 9.91. The van der Waals surface area contributed by atoms with E-state index in [2.05, 4.69) is 17.5 Å². The Morgan fingerprint density at radius 3 is 3.00 bits per heavy atom. The average molecular weight is 268 g/mol. The second kappa shape index (κ2) is 7.93. The molecule has 0 aliphatic carbocycles. The molecule has 1 N–H and O–H groups in total. The van der Waals surface area contributed by atoms with Crippen molar-refractivity contribution in [3.63, 3.8) is 0 Å². The van der Waals surface area contributed by atoms with Crippen LogP contribution in [-0.2, 0) is 11.2 Å². The molecule has 2 heterocycles. The van der Waals surface area contributed by atoms with Crippen LogP contribution >= 0.6 is 11.3 Å². The first-order valence-corrected chi connectivity index (χ1v) is 8.04. The Kier molecular flexibility index (Phi) is 6.18. The molecule has 2 atom stereocenters. The molecule has 0 spiro atoms. The van der Waals surface area contributed by atoms with Gasteiger partial charge in [-0.25, -0.2) is 0 Å². The summed E-state index contributed by atoms with van der Waals surface area (Å²) in [6.07, 6.45) is 9.10. The molecule has 1 aliphatic heterocycles. The predicted octanol–water partition coefficient (Wildman–Crippen LogP) is 3.78. The normalized spacial score (nSPS) is 21.3. The van der Waals surface area contributed by atoms with E-state index < -0.39 is 0 Å². The molecule has 0 aromatic carbocycles. The molecule has 0 radical (unpaired) electrons. The summed E-state index contributed by atoms with van der Waals surface area (Å²) in [5.74, 6) is 0. The van der Waals surface area contributed by atoms with Gasteiger partial charge in [-0.15, -0.1) is 11.3 Å². The Labute approximate surface area is 114 Å². The lowest BCUT2D eigenvalue weighted by molar-refractivity contribution is 0.0930. The van der Waals surface area contributed by atoms with Crippen LogP contribution in [0.3, 0.4) is 0 Å². The van der Waals surface area contributed by atoms with Gasteiger partial charge in [0.1, 0.15) is 0 Å². The molecule has 0 saturated carbocycles. The largest absolute Gasteiger partial charge is 0.393 e. The predicted molar refractivity (Wildman–Crippen MR) is 76.1 cm³/mol. The fraction of sp³-hybridized carbons (Fsp3) is 0.733. The Morgan fingerprint density at radius 2 is 2.28 bits per heavy atom. The topological polar surface area (TPSA) is 29.5 Å². The summed E-state index contributed by atoms with van der Waals surface area (Å²) in [6, 6.07) is 4.27. The molecule has 3 heteroatoms. The molecule has 2 rings (SSSR count). The highest BCUT2D eigenvalue weighted by Crippen LogP contribution is 2.19. The highest BCUT2D eigenvalue weighted by atomic mass is 32.1. The SMILES string of the molecule is OC(CCCc1cccs1)CCCC1CCCO1. The van der Waals surface area contributed by atoms with Gasteiger partial charge in [0.25, 0.3) is 0 Å². The van der Waals surface area contributed by atoms with Crippen molar-refractivity contribution in [3.8, 4) is 0 Å². The number of thiophene rings is 1. The van der Waals surface area contributed by atoms with Crippen molar-refractivity contribution in [2.24, 2.45) is 0 Å². The molecule has 2 nitrogen and oxygen atoms in total. The Balaban J connectivity index is 1.48. The summed E-state index contributed by atoms with van der Waals surface area (Å²) in [5, 5.41) is 12.0. The minimum Gasteiger partial charge on any atom is -0.393 e. The molecule has 1 aromatic rings. The summed E-state index contributed by atoms with van der Waals surface area (Å²) < 4.78 is 5.58. The molecule has 1 fully saturated rings. The second-order valence-electron chi connectivity index (χ2n) is 5.19. The smallest absolute Gasteiger partial charge is 0.0576 e. The summed E-state index contributed by atoms with van der Waals surface area (Å²) in [4.78, 5) is 1.43. The lowest BCUT2D eigenvalue weighted by Gasteiger charge is -2.12. The number of hydrogen-bond donors (Lipinski definition) is 1. The van der Waals surface area contributed by atoms with E-state index in [1.807, 2.05) is 11.3 Å². The maximum Gasteiger partial charge on any atom is 0.0576 e. The van der Waals surface area contributed by atoms with Gasteiger partial charge in [0, 0.05) is 11.5 Å². The van der Waals surface area contributed by atoms with Crippen LogP contribution in [0.1, 0.15) is 49.8 Å². The van der Waals surface area contributed by atoms with Crippen LogP contribution in [0.5, 0.6) is 0 Å². The third-order valence-electron chi connectivity index (χ3n) is 3.63. The third kappa shape index (κ3) is 5.09. The highest BCUT2D eigenvalue weighted by molar-refractivity contribution is 7.09. The van der Waals surface area contributed by atoms with Gasteiger partial charge in [-0.3, -0.25) is 0 Å². The fourth-order valence-corrected chi connectivity index (χ4v) is 3.32. The Bertz CT molecular complexity index is 304. The maximum absolute atomic E-state index is 9.91. The molecular formula is C15H24O2S. The van der Waals surface area contributed by atoms with E-state index in [4.69, 9.17) is 4.74 Å². The molecule has 1 aromatic heterocycles. The van der Waals surface area contributed by atoms with Gasteiger partial charge in [-0.2, -0.15) is 0 Å². The monoisotopic (exact) mass is 268 g/mol. The first-order valence-electron chi connectivity index (χ1n) is 7.16. The summed E-state index contributed by atoms with van der Waals surface area (Å²) in [7, 11) is 0. The van der Waals surface area contributed by atoms with Crippen molar-refractivity contribution >= 4 is 11.3 Å². The van der Waals surface area contributed by atoms with Crippen LogP contribution in [0.4, 0.5) is 0 Å². The zero-order valence-corrected chi connectivity index (χ0v) is 11.8. The van der Waals surface area contributed by atoms with Crippen LogP contribution in [0.2, 0.25) is 0 Å². The molecule has 102 valence electrons. The Morgan fingerprint density at radius 1 is 1.39 bits per heavy atom. The lowest BCUT2D eigenvalue weighted by atomic mass is 10.0. The zero-order chi connectivity index (χ0) is 12.6. The third-order valence-corrected chi connectivity index (χ3v) is 4.56. The van der Waals surface area contributed by atoms with E-state index in [-0.39, 0.29) is 6.10 Å². The van der Waals surface area contributed by atoms with Gasteiger partial charge in [0.05, 0.1) is 12.2 Å². The van der Waals surface area contributed by atoms with E-state index in [1.165, 1.54) is 17.7 Å². The first kappa shape index (κ1) is 14.0. The summed E-state index contributed by atoms with van der Waals surface area (Å²) >= 11 is 1.81. The molecule has 0 amide bonds. The molecule has 2 unspecified atom stereocenters. The van der Waals surface area contributed by atoms with Gasteiger partial charge < -0.3 is 9.84 Å². The van der Waals surface area contributed by atoms with E-state index in [0.717, 1.165) is 45.1 Å². The molecule has 18 heavy (non-hydrogen) atoms. The number of aryl methyl sites for hydroxylation is 1. The standard InChI is InChI=1S/C15H24O2S/c16-13(5-1-7-14-8-3-11-17-14)6-2-9-15-10-4-12-18-15/h4,10,12-14,16H,1-3,5-9,11H2. The van der Waals surface area contributed by atoms with Crippen LogP contribution in [-0.4, -0.2) is 23.9 Å².